The van der Waals surface area contributed by atoms with Crippen LogP contribution in [-0.4, -0.2) is 99.6 Å². The van der Waals surface area contributed by atoms with Crippen molar-refractivity contribution < 1.29 is 49.3 Å². The fraction of sp³-hybridized carbons (Fsp3) is 0.914. The smallest absolute Gasteiger partial charge is 0.306 e. The highest BCUT2D eigenvalue weighted by Gasteiger charge is 2.47. The van der Waals surface area contributed by atoms with E-state index in [9.17, 15) is 35.1 Å². The number of esters is 1. The van der Waals surface area contributed by atoms with Crippen LogP contribution in [0.1, 0.15) is 348 Å². The number of aliphatic hydroxyl groups is 5. The van der Waals surface area contributed by atoms with Gasteiger partial charge in [0.1, 0.15) is 24.4 Å². The number of carbonyl (C=O) groups excluding carboxylic acids is 2. The number of carbonyl (C=O) groups is 2. The van der Waals surface area contributed by atoms with Gasteiger partial charge in [0.15, 0.2) is 12.4 Å². The number of hydrogen-bond acceptors (Lipinski definition) is 10. The maximum Gasteiger partial charge on any atom is 0.306 e. The van der Waals surface area contributed by atoms with Crippen molar-refractivity contribution in [1.29, 1.82) is 0 Å². The van der Waals surface area contributed by atoms with Crippen LogP contribution in [0.4, 0.5) is 0 Å². The molecule has 8 unspecified atom stereocenters. The molecule has 1 fully saturated rings. The number of amides is 1. The Bertz CT molecular complexity index is 1410. The summed E-state index contributed by atoms with van der Waals surface area (Å²) in [4.78, 5) is 26.6. The third-order valence-corrected chi connectivity index (χ3v) is 16.9. The van der Waals surface area contributed by atoms with E-state index in [-0.39, 0.29) is 13.0 Å². The molecule has 11 heteroatoms. The summed E-state index contributed by atoms with van der Waals surface area (Å²) in [7, 11) is 0. The summed E-state index contributed by atoms with van der Waals surface area (Å²) in [5.41, 5.74) is 0. The molecule has 0 aromatic heterocycles. The van der Waals surface area contributed by atoms with Crippen LogP contribution in [0.5, 0.6) is 0 Å². The average Bonchev–Trinajstić information content (AvgIpc) is 3.49. The van der Waals surface area contributed by atoms with E-state index in [0.29, 0.717) is 19.3 Å². The van der Waals surface area contributed by atoms with Gasteiger partial charge >= 0.3 is 5.97 Å². The number of unbranched alkanes of at least 4 members (excludes halogenated alkanes) is 45. The van der Waals surface area contributed by atoms with E-state index in [0.717, 1.165) is 57.8 Å². The highest BCUT2D eigenvalue weighted by atomic mass is 16.7. The van der Waals surface area contributed by atoms with E-state index in [1.165, 1.54) is 244 Å². The van der Waals surface area contributed by atoms with Crippen molar-refractivity contribution in [2.75, 3.05) is 13.2 Å². The second-order valence-corrected chi connectivity index (χ2v) is 24.6. The maximum atomic E-state index is 13.4. The molecule has 0 radical (unpaired) electrons. The van der Waals surface area contributed by atoms with Gasteiger partial charge in [-0.05, 0) is 51.4 Å². The molecule has 1 heterocycles. The predicted octanol–water partition coefficient (Wildman–Crippen LogP) is 17.6. The molecule has 81 heavy (non-hydrogen) atoms. The number of nitrogens with one attached hydrogen (secondary N) is 1. The van der Waals surface area contributed by atoms with Gasteiger partial charge in [0.2, 0.25) is 5.91 Å². The normalized spacial score (nSPS) is 18.7. The van der Waals surface area contributed by atoms with Crippen molar-refractivity contribution in [3.8, 4) is 0 Å². The minimum atomic E-state index is -1.61. The highest BCUT2D eigenvalue weighted by Crippen LogP contribution is 2.26. The van der Waals surface area contributed by atoms with Gasteiger partial charge in [0.05, 0.1) is 25.4 Å². The van der Waals surface area contributed by atoms with Gasteiger partial charge < -0.3 is 45.1 Å². The summed E-state index contributed by atoms with van der Waals surface area (Å²) in [5, 5.41) is 57.1. The first-order valence-corrected chi connectivity index (χ1v) is 35.1. The second-order valence-electron chi connectivity index (χ2n) is 24.6. The summed E-state index contributed by atoms with van der Waals surface area (Å²) < 4.78 is 17.7. The molecule has 0 bridgehead atoms. The van der Waals surface area contributed by atoms with Crippen LogP contribution in [-0.2, 0) is 23.8 Å². The quantitative estimate of drug-likeness (QED) is 0.0195. The van der Waals surface area contributed by atoms with Crippen molar-refractivity contribution in [1.82, 2.24) is 5.32 Å². The first kappa shape index (κ1) is 77.2. The molecule has 1 saturated heterocycles. The molecular weight excluding hydrogens is 1010 g/mol. The zero-order chi connectivity index (χ0) is 58.9. The zero-order valence-corrected chi connectivity index (χ0v) is 53.2. The Labute approximate surface area is 499 Å². The second kappa shape index (κ2) is 58.5. The summed E-state index contributed by atoms with van der Waals surface area (Å²) >= 11 is 0. The molecule has 1 amide bonds. The van der Waals surface area contributed by atoms with Crippen LogP contribution in [0.3, 0.4) is 0 Å². The van der Waals surface area contributed by atoms with Crippen LogP contribution in [0.25, 0.3) is 0 Å². The van der Waals surface area contributed by atoms with Crippen LogP contribution in [0, 0.1) is 0 Å². The maximum absolute atomic E-state index is 13.4. The van der Waals surface area contributed by atoms with Crippen molar-refractivity contribution in [3.05, 3.63) is 24.3 Å². The van der Waals surface area contributed by atoms with Gasteiger partial charge in [-0.15, -0.1) is 0 Å². The van der Waals surface area contributed by atoms with E-state index in [2.05, 4.69) is 38.2 Å². The first-order chi connectivity index (χ1) is 39.7. The lowest BCUT2D eigenvalue weighted by molar-refractivity contribution is -0.305. The molecule has 6 N–H and O–H groups in total. The van der Waals surface area contributed by atoms with Gasteiger partial charge in [-0.2, -0.15) is 0 Å². The van der Waals surface area contributed by atoms with Gasteiger partial charge in [0, 0.05) is 6.42 Å². The lowest BCUT2D eigenvalue weighted by Crippen LogP contribution is -2.61. The Hall–Kier alpha value is -1.86. The van der Waals surface area contributed by atoms with E-state index < -0.39 is 67.4 Å². The molecule has 1 aliphatic rings. The molecule has 478 valence electrons. The SMILES string of the molecule is CCCCCCCC/C=C/CCCCCCCCCCCCCCCCCCCC(=O)OC1C(OCC(NC(=O)C(O)CCCCCCCCCCCCCCCC)C(O)/C=C/CCCCCCCCCCC)OC(CO)C(O)C1O. The van der Waals surface area contributed by atoms with E-state index in [1.807, 2.05) is 6.08 Å². The molecule has 0 aliphatic carbocycles. The average molecular weight is 1150 g/mol. The van der Waals surface area contributed by atoms with Crippen LogP contribution < -0.4 is 5.32 Å². The van der Waals surface area contributed by atoms with Crippen LogP contribution in [0.15, 0.2) is 24.3 Å². The fourth-order valence-corrected chi connectivity index (χ4v) is 11.3. The number of ether oxygens (including phenoxy) is 3. The Kier molecular flexibility index (Phi) is 55.7. The molecule has 11 nitrogen and oxygen atoms in total. The summed E-state index contributed by atoms with van der Waals surface area (Å²) in [5.74, 6) is -1.18. The zero-order valence-electron chi connectivity index (χ0n) is 53.2. The summed E-state index contributed by atoms with van der Waals surface area (Å²) in [6.45, 7) is 5.82. The minimum Gasteiger partial charge on any atom is -0.454 e. The standard InChI is InChI=1S/C70H133NO10/c1-4-7-10-13-16-19-22-24-26-27-28-29-30-31-32-33-34-35-36-37-38-40-43-46-49-52-55-58-65(75)81-68-67(77)66(76)64(59-72)80-70(68)79-60-61(62(73)56-53-50-47-44-41-21-18-15-12-9-6-3)71-69(78)63(74)57-54-51-48-45-42-39-25-23-20-17-14-11-8-5-2/h24,26,53,56,61-64,66-68,70,72-74,76-77H,4-23,25,27-52,54-55,57-60H2,1-3H3,(H,71,78)/b26-24+,56-53+. The number of rotatable bonds is 61. The molecular formula is C70H133NO10. The molecule has 0 saturated carbocycles. The topological polar surface area (TPSA) is 175 Å². The molecule has 0 aromatic rings. The van der Waals surface area contributed by atoms with Crippen molar-refractivity contribution in [2.24, 2.45) is 0 Å². The monoisotopic (exact) mass is 1150 g/mol. The summed E-state index contributed by atoms with van der Waals surface area (Å²) in [6.07, 6.45) is 59.5. The Morgan fingerprint density at radius 1 is 0.469 bits per heavy atom. The molecule has 0 aromatic carbocycles. The molecule has 1 rings (SSSR count). The predicted molar refractivity (Wildman–Crippen MR) is 338 cm³/mol. The van der Waals surface area contributed by atoms with Gasteiger partial charge in [-0.1, -0.05) is 315 Å². The number of aliphatic hydroxyl groups excluding tert-OH is 5. The first-order valence-electron chi connectivity index (χ1n) is 35.1. The van der Waals surface area contributed by atoms with E-state index in [1.54, 1.807) is 6.08 Å². The third kappa shape index (κ3) is 46.1. The van der Waals surface area contributed by atoms with Crippen molar-refractivity contribution in [2.45, 2.75) is 397 Å². The van der Waals surface area contributed by atoms with Crippen molar-refractivity contribution in [3.63, 3.8) is 0 Å². The molecule has 0 spiro atoms. The largest absolute Gasteiger partial charge is 0.454 e. The Morgan fingerprint density at radius 2 is 0.815 bits per heavy atom. The Balaban J connectivity index is 2.50. The molecule has 8 atom stereocenters. The van der Waals surface area contributed by atoms with Crippen molar-refractivity contribution >= 4 is 11.9 Å². The lowest BCUT2D eigenvalue weighted by atomic mass is 9.99. The number of allylic oxidation sites excluding steroid dienone is 3. The highest BCUT2D eigenvalue weighted by molar-refractivity contribution is 5.80. The van der Waals surface area contributed by atoms with E-state index in [4.69, 9.17) is 14.2 Å². The number of hydrogen-bond donors (Lipinski definition) is 6. The summed E-state index contributed by atoms with van der Waals surface area (Å²) in [6, 6.07) is -1.02. The Morgan fingerprint density at radius 3 is 1.20 bits per heavy atom. The molecule has 1 aliphatic heterocycles. The van der Waals surface area contributed by atoms with Crippen LogP contribution >= 0.6 is 0 Å². The lowest BCUT2D eigenvalue weighted by Gasteiger charge is -2.41. The minimum absolute atomic E-state index is 0.130. The fourth-order valence-electron chi connectivity index (χ4n) is 11.3. The third-order valence-electron chi connectivity index (χ3n) is 16.9. The van der Waals surface area contributed by atoms with Gasteiger partial charge in [0.25, 0.3) is 0 Å². The van der Waals surface area contributed by atoms with Crippen LogP contribution in [0.2, 0.25) is 0 Å². The van der Waals surface area contributed by atoms with Gasteiger partial charge in [-0.3, -0.25) is 9.59 Å². The van der Waals surface area contributed by atoms with E-state index >= 15 is 0 Å². The van der Waals surface area contributed by atoms with Gasteiger partial charge in [-0.25, -0.2) is 0 Å².